The van der Waals surface area contributed by atoms with Crippen LogP contribution in [0.5, 0.6) is 0 Å². The van der Waals surface area contributed by atoms with E-state index in [0.717, 1.165) is 5.69 Å². The summed E-state index contributed by atoms with van der Waals surface area (Å²) in [6, 6.07) is 10.5. The van der Waals surface area contributed by atoms with Crippen LogP contribution in [0.3, 0.4) is 0 Å². The molecule has 0 saturated carbocycles. The van der Waals surface area contributed by atoms with Crippen molar-refractivity contribution in [2.75, 3.05) is 0 Å². The fourth-order valence-corrected chi connectivity index (χ4v) is 2.17. The number of nitrogens with zero attached hydrogens (tertiary/aromatic N) is 2. The Balaban J connectivity index is 2.64. The van der Waals surface area contributed by atoms with Gasteiger partial charge in [-0.2, -0.15) is 0 Å². The zero-order valence-corrected chi connectivity index (χ0v) is 8.86. The molecule has 74 valence electrons. The fraction of sp³-hybridized carbons (Fsp3) is 0.154. The van der Waals surface area contributed by atoms with E-state index in [9.17, 15) is 0 Å². The number of fused-ring (bicyclic) bond motifs is 3. The van der Waals surface area contributed by atoms with Crippen LogP contribution < -0.4 is 0 Å². The van der Waals surface area contributed by atoms with E-state index < -0.39 is 0 Å². The molecule has 0 radical (unpaired) electrons. The standard InChI is InChI=1S/C13H12N2/c1-9-13-11(7-8-14-13)10-5-3-4-6-12(10)15(9)2/h3-8H,1-2H3. The quantitative estimate of drug-likeness (QED) is 0.540. The van der Waals surface area contributed by atoms with Crippen molar-refractivity contribution in [1.29, 1.82) is 0 Å². The second kappa shape index (κ2) is 2.83. The van der Waals surface area contributed by atoms with Gasteiger partial charge in [-0.3, -0.25) is 4.98 Å². The first-order valence-corrected chi connectivity index (χ1v) is 5.08. The summed E-state index contributed by atoms with van der Waals surface area (Å²) in [7, 11) is 2.09. The first-order chi connectivity index (χ1) is 7.29. The fourth-order valence-electron chi connectivity index (χ4n) is 2.17. The Labute approximate surface area is 88.5 Å². The smallest absolute Gasteiger partial charge is 0.0900 e. The molecule has 0 aliphatic carbocycles. The van der Waals surface area contributed by atoms with Crippen LogP contribution >= 0.6 is 0 Å². The molecule has 0 fully saturated rings. The van der Waals surface area contributed by atoms with Crippen molar-refractivity contribution in [3.63, 3.8) is 0 Å². The van der Waals surface area contributed by atoms with Crippen LogP contribution in [0.15, 0.2) is 36.5 Å². The van der Waals surface area contributed by atoms with Gasteiger partial charge in [0, 0.05) is 35.4 Å². The van der Waals surface area contributed by atoms with Crippen LogP contribution in [0.4, 0.5) is 0 Å². The number of pyridine rings is 1. The Kier molecular flexibility index (Phi) is 1.60. The van der Waals surface area contributed by atoms with Crippen molar-refractivity contribution >= 4 is 10.9 Å². The Morgan fingerprint density at radius 3 is 2.80 bits per heavy atom. The van der Waals surface area contributed by atoms with E-state index in [1.54, 1.807) is 0 Å². The number of benzene rings is 1. The van der Waals surface area contributed by atoms with Gasteiger partial charge < -0.3 is 4.57 Å². The lowest BCUT2D eigenvalue weighted by Gasteiger charge is -2.14. The third kappa shape index (κ3) is 1.02. The van der Waals surface area contributed by atoms with Gasteiger partial charge in [0.05, 0.1) is 5.69 Å². The lowest BCUT2D eigenvalue weighted by Crippen LogP contribution is -2.01. The summed E-state index contributed by atoms with van der Waals surface area (Å²) >= 11 is 0. The zero-order valence-electron chi connectivity index (χ0n) is 8.86. The molecule has 2 heteroatoms. The Morgan fingerprint density at radius 1 is 1.13 bits per heavy atom. The van der Waals surface area contributed by atoms with E-state index in [0.29, 0.717) is 0 Å². The Hall–Kier alpha value is -1.83. The monoisotopic (exact) mass is 196 g/mol. The van der Waals surface area contributed by atoms with Crippen molar-refractivity contribution in [3.05, 3.63) is 42.2 Å². The summed E-state index contributed by atoms with van der Waals surface area (Å²) in [4.78, 5) is 4.41. The van der Waals surface area contributed by atoms with E-state index >= 15 is 0 Å². The average Bonchev–Trinajstić information content (AvgIpc) is 2.75. The third-order valence-electron chi connectivity index (χ3n) is 3.10. The molecule has 2 heterocycles. The van der Waals surface area contributed by atoms with Crippen molar-refractivity contribution < 1.29 is 0 Å². The maximum atomic E-state index is 4.41. The van der Waals surface area contributed by atoms with Crippen molar-refractivity contribution in [2.45, 2.75) is 6.92 Å². The van der Waals surface area contributed by atoms with Crippen molar-refractivity contribution in [2.24, 2.45) is 7.05 Å². The summed E-state index contributed by atoms with van der Waals surface area (Å²) in [5.74, 6) is 0. The van der Waals surface area contributed by atoms with Gasteiger partial charge in [0.15, 0.2) is 0 Å². The predicted octanol–water partition coefficient (Wildman–Crippen LogP) is 2.99. The SMILES string of the molecule is Cc1c2nccc-2c2ccccc2n1C. The van der Waals surface area contributed by atoms with Gasteiger partial charge in [-0.05, 0) is 19.1 Å². The topological polar surface area (TPSA) is 17.8 Å². The molecule has 0 aromatic heterocycles. The van der Waals surface area contributed by atoms with E-state index in [2.05, 4.69) is 53.9 Å². The maximum absolute atomic E-state index is 4.41. The second-order valence-electron chi connectivity index (χ2n) is 3.87. The molecule has 3 rings (SSSR count). The molecule has 2 aliphatic rings. The first-order valence-electron chi connectivity index (χ1n) is 5.08. The highest BCUT2D eigenvalue weighted by Crippen LogP contribution is 2.32. The molecule has 0 amide bonds. The summed E-state index contributed by atoms with van der Waals surface area (Å²) in [6.45, 7) is 2.11. The summed E-state index contributed by atoms with van der Waals surface area (Å²) < 4.78 is 2.20. The molecule has 0 saturated heterocycles. The number of aryl methyl sites for hydroxylation is 1. The molecule has 0 N–H and O–H groups in total. The van der Waals surface area contributed by atoms with Crippen LogP contribution in [0.25, 0.3) is 22.2 Å². The Morgan fingerprint density at radius 2 is 1.93 bits per heavy atom. The Bertz CT molecular complexity index is 607. The normalized spacial score (nSPS) is 11.3. The minimum atomic E-state index is 1.11. The van der Waals surface area contributed by atoms with Crippen LogP contribution in [0, 0.1) is 6.92 Å². The van der Waals surface area contributed by atoms with Gasteiger partial charge in [0.25, 0.3) is 0 Å². The lowest BCUT2D eigenvalue weighted by atomic mass is 10.0. The minimum Gasteiger partial charge on any atom is -0.346 e. The van der Waals surface area contributed by atoms with Crippen molar-refractivity contribution in [3.8, 4) is 11.3 Å². The average molecular weight is 196 g/mol. The number of aromatic nitrogens is 2. The van der Waals surface area contributed by atoms with E-state index in [1.807, 2.05) is 6.20 Å². The molecule has 1 aromatic carbocycles. The molecule has 2 aliphatic heterocycles. The maximum Gasteiger partial charge on any atom is 0.0900 e. The highest BCUT2D eigenvalue weighted by Gasteiger charge is 2.13. The number of para-hydroxylation sites is 1. The van der Waals surface area contributed by atoms with Crippen LogP contribution in [0.2, 0.25) is 0 Å². The highest BCUT2D eigenvalue weighted by atomic mass is 15.0. The number of hydrogen-bond acceptors (Lipinski definition) is 1. The second-order valence-corrected chi connectivity index (χ2v) is 3.87. The van der Waals surface area contributed by atoms with Gasteiger partial charge in [-0.15, -0.1) is 0 Å². The first kappa shape index (κ1) is 8.48. The summed E-state index contributed by atoms with van der Waals surface area (Å²) in [5.41, 5.74) is 4.83. The van der Waals surface area contributed by atoms with E-state index in [1.165, 1.54) is 22.2 Å². The van der Waals surface area contributed by atoms with Crippen LogP contribution in [-0.4, -0.2) is 9.55 Å². The van der Waals surface area contributed by atoms with E-state index in [4.69, 9.17) is 0 Å². The molecular weight excluding hydrogens is 184 g/mol. The van der Waals surface area contributed by atoms with Gasteiger partial charge in [0.1, 0.15) is 0 Å². The predicted molar refractivity (Wildman–Crippen MR) is 62.1 cm³/mol. The van der Waals surface area contributed by atoms with Gasteiger partial charge in [0.2, 0.25) is 0 Å². The molecule has 15 heavy (non-hydrogen) atoms. The van der Waals surface area contributed by atoms with E-state index in [-0.39, 0.29) is 0 Å². The van der Waals surface area contributed by atoms with Gasteiger partial charge in [-0.25, -0.2) is 0 Å². The number of hydrogen-bond donors (Lipinski definition) is 0. The molecule has 1 aromatic rings. The summed E-state index contributed by atoms with van der Waals surface area (Å²) in [6.07, 6.45) is 1.88. The molecule has 0 atom stereocenters. The molecule has 2 nitrogen and oxygen atoms in total. The highest BCUT2D eigenvalue weighted by molar-refractivity contribution is 5.95. The van der Waals surface area contributed by atoms with Crippen molar-refractivity contribution in [1.82, 2.24) is 9.55 Å². The molecule has 0 bridgehead atoms. The molecular formula is C13H12N2. The van der Waals surface area contributed by atoms with Gasteiger partial charge >= 0.3 is 0 Å². The summed E-state index contributed by atoms with van der Waals surface area (Å²) in [5, 5.41) is 1.28. The van der Waals surface area contributed by atoms with Crippen LogP contribution in [-0.2, 0) is 7.05 Å². The largest absolute Gasteiger partial charge is 0.346 e. The molecule has 0 spiro atoms. The molecule has 0 unspecified atom stereocenters. The lowest BCUT2D eigenvalue weighted by molar-refractivity contribution is 0.897. The number of rotatable bonds is 0. The van der Waals surface area contributed by atoms with Crippen LogP contribution in [0.1, 0.15) is 5.69 Å². The zero-order chi connectivity index (χ0) is 10.4. The van der Waals surface area contributed by atoms with Gasteiger partial charge in [-0.1, -0.05) is 18.2 Å². The minimum absolute atomic E-state index is 1.11. The third-order valence-corrected chi connectivity index (χ3v) is 3.10.